The molecular formula is C17H27ClO2. The van der Waals surface area contributed by atoms with Crippen LogP contribution >= 0.6 is 11.6 Å². The van der Waals surface area contributed by atoms with Gasteiger partial charge in [-0.2, -0.15) is 0 Å². The predicted octanol–water partition coefficient (Wildman–Crippen LogP) is 4.46. The number of benzene rings is 1. The van der Waals surface area contributed by atoms with Gasteiger partial charge in [0, 0.05) is 26.0 Å². The Balaban J connectivity index is 2.65. The van der Waals surface area contributed by atoms with Crippen molar-refractivity contribution in [1.29, 1.82) is 0 Å². The number of aryl methyl sites for hydroxylation is 1. The lowest BCUT2D eigenvalue weighted by molar-refractivity contribution is 0.172. The molecule has 0 aliphatic carbocycles. The summed E-state index contributed by atoms with van der Waals surface area (Å²) in [6.45, 7) is 7.96. The fourth-order valence-electron chi connectivity index (χ4n) is 2.08. The molecule has 0 unspecified atom stereocenters. The molecular weight excluding hydrogens is 272 g/mol. The topological polar surface area (TPSA) is 18.5 Å². The van der Waals surface area contributed by atoms with E-state index in [2.05, 4.69) is 39.0 Å². The molecule has 0 aromatic heterocycles. The van der Waals surface area contributed by atoms with E-state index >= 15 is 0 Å². The highest BCUT2D eigenvalue weighted by Crippen LogP contribution is 2.24. The molecule has 114 valence electrons. The van der Waals surface area contributed by atoms with Crippen molar-refractivity contribution in [2.24, 2.45) is 11.8 Å². The van der Waals surface area contributed by atoms with Gasteiger partial charge >= 0.3 is 0 Å². The maximum atomic E-state index is 6.06. The van der Waals surface area contributed by atoms with E-state index in [4.69, 9.17) is 21.1 Å². The number of hydrogen-bond acceptors (Lipinski definition) is 2. The molecule has 0 heterocycles. The molecule has 1 atom stereocenters. The van der Waals surface area contributed by atoms with Crippen LogP contribution in [-0.2, 0) is 11.2 Å². The molecule has 0 aliphatic heterocycles. The molecule has 2 nitrogen and oxygen atoms in total. The maximum absolute atomic E-state index is 6.06. The fraction of sp³-hybridized carbons (Fsp3) is 0.647. The predicted molar refractivity (Wildman–Crippen MR) is 85.9 cm³/mol. The van der Waals surface area contributed by atoms with E-state index < -0.39 is 0 Å². The zero-order chi connectivity index (χ0) is 15.0. The molecule has 0 spiro atoms. The normalized spacial score (nSPS) is 12.7. The van der Waals surface area contributed by atoms with Crippen molar-refractivity contribution >= 4 is 11.6 Å². The molecule has 20 heavy (non-hydrogen) atoms. The number of alkyl halides is 1. The van der Waals surface area contributed by atoms with Crippen LogP contribution in [-0.4, -0.2) is 26.2 Å². The minimum atomic E-state index is 0.515. The Morgan fingerprint density at radius 2 is 1.95 bits per heavy atom. The summed E-state index contributed by atoms with van der Waals surface area (Å²) in [6, 6.07) is 6.47. The summed E-state index contributed by atoms with van der Waals surface area (Å²) >= 11 is 6.06. The van der Waals surface area contributed by atoms with Crippen LogP contribution in [0.5, 0.6) is 5.75 Å². The lowest BCUT2D eigenvalue weighted by Crippen LogP contribution is -2.13. The molecule has 1 rings (SSSR count). The first-order valence-corrected chi connectivity index (χ1v) is 7.89. The smallest absolute Gasteiger partial charge is 0.122 e. The van der Waals surface area contributed by atoms with E-state index in [1.807, 2.05) is 0 Å². The van der Waals surface area contributed by atoms with E-state index in [1.54, 1.807) is 7.11 Å². The Kier molecular flexibility index (Phi) is 8.01. The summed E-state index contributed by atoms with van der Waals surface area (Å²) in [5.74, 6) is 2.80. The second kappa shape index (κ2) is 9.25. The largest absolute Gasteiger partial charge is 0.493 e. The van der Waals surface area contributed by atoms with Gasteiger partial charge in [-0.25, -0.2) is 0 Å². The third kappa shape index (κ3) is 5.72. The Morgan fingerprint density at radius 1 is 1.20 bits per heavy atom. The molecule has 0 saturated carbocycles. The fourth-order valence-corrected chi connectivity index (χ4v) is 2.55. The van der Waals surface area contributed by atoms with Gasteiger partial charge in [-0.3, -0.25) is 0 Å². The standard InChI is InChI=1S/C17H27ClO2/c1-13(2)16(12-18)10-15-7-6-14(3)17(11-15)20-9-5-8-19-4/h6-7,11,13,16H,5,8-10,12H2,1-4H3/t16-/m0/s1. The number of methoxy groups -OCH3 is 1. The average molecular weight is 299 g/mol. The van der Waals surface area contributed by atoms with Gasteiger partial charge in [0.2, 0.25) is 0 Å². The van der Waals surface area contributed by atoms with E-state index in [0.717, 1.165) is 25.2 Å². The SMILES string of the molecule is COCCCOc1cc(C[C@@H](CCl)C(C)C)ccc1C. The summed E-state index contributed by atoms with van der Waals surface area (Å²) in [6.07, 6.45) is 1.92. The first kappa shape index (κ1) is 17.3. The summed E-state index contributed by atoms with van der Waals surface area (Å²) < 4.78 is 10.9. The third-order valence-corrected chi connectivity index (χ3v) is 4.04. The Labute approximate surface area is 128 Å². The zero-order valence-electron chi connectivity index (χ0n) is 13.1. The minimum absolute atomic E-state index is 0.515. The van der Waals surface area contributed by atoms with Crippen molar-refractivity contribution in [2.45, 2.75) is 33.6 Å². The van der Waals surface area contributed by atoms with E-state index in [0.29, 0.717) is 24.3 Å². The second-order valence-corrected chi connectivity index (χ2v) is 5.97. The van der Waals surface area contributed by atoms with Crippen LogP contribution in [0.4, 0.5) is 0 Å². The first-order chi connectivity index (χ1) is 9.58. The van der Waals surface area contributed by atoms with Crippen molar-refractivity contribution < 1.29 is 9.47 Å². The monoisotopic (exact) mass is 298 g/mol. The van der Waals surface area contributed by atoms with Gasteiger partial charge in [0.05, 0.1) is 6.61 Å². The summed E-state index contributed by atoms with van der Waals surface area (Å²) in [5, 5.41) is 0. The maximum Gasteiger partial charge on any atom is 0.122 e. The van der Waals surface area contributed by atoms with Gasteiger partial charge in [0.15, 0.2) is 0 Å². The van der Waals surface area contributed by atoms with Gasteiger partial charge in [-0.1, -0.05) is 26.0 Å². The van der Waals surface area contributed by atoms with Crippen LogP contribution in [0.1, 0.15) is 31.4 Å². The molecule has 1 aromatic rings. The van der Waals surface area contributed by atoms with Crippen molar-refractivity contribution in [1.82, 2.24) is 0 Å². The number of halogens is 1. The van der Waals surface area contributed by atoms with Crippen LogP contribution in [0.3, 0.4) is 0 Å². The quantitative estimate of drug-likeness (QED) is 0.495. The molecule has 1 aromatic carbocycles. The van der Waals surface area contributed by atoms with Gasteiger partial charge in [0.1, 0.15) is 5.75 Å². The Hall–Kier alpha value is -0.730. The van der Waals surface area contributed by atoms with Crippen molar-refractivity contribution in [3.63, 3.8) is 0 Å². The second-order valence-electron chi connectivity index (χ2n) is 5.66. The molecule has 0 radical (unpaired) electrons. The lowest BCUT2D eigenvalue weighted by Gasteiger charge is -2.19. The van der Waals surface area contributed by atoms with Crippen molar-refractivity contribution in [2.75, 3.05) is 26.2 Å². The zero-order valence-corrected chi connectivity index (χ0v) is 13.9. The highest BCUT2D eigenvalue weighted by atomic mass is 35.5. The van der Waals surface area contributed by atoms with Crippen LogP contribution in [0, 0.1) is 18.8 Å². The van der Waals surface area contributed by atoms with Crippen LogP contribution in [0.25, 0.3) is 0 Å². The third-order valence-electron chi connectivity index (χ3n) is 3.64. The Morgan fingerprint density at radius 3 is 2.55 bits per heavy atom. The highest BCUT2D eigenvalue weighted by Gasteiger charge is 2.13. The molecule has 0 N–H and O–H groups in total. The number of rotatable bonds is 9. The molecule has 0 aliphatic rings. The average Bonchev–Trinajstić information content (AvgIpc) is 2.43. The molecule has 0 saturated heterocycles. The van der Waals surface area contributed by atoms with Gasteiger partial charge < -0.3 is 9.47 Å². The number of hydrogen-bond donors (Lipinski definition) is 0. The first-order valence-electron chi connectivity index (χ1n) is 7.35. The van der Waals surface area contributed by atoms with E-state index in [1.165, 1.54) is 11.1 Å². The van der Waals surface area contributed by atoms with E-state index in [-0.39, 0.29) is 0 Å². The van der Waals surface area contributed by atoms with E-state index in [9.17, 15) is 0 Å². The molecule has 3 heteroatoms. The van der Waals surface area contributed by atoms with Crippen molar-refractivity contribution in [3.05, 3.63) is 29.3 Å². The molecule has 0 bridgehead atoms. The lowest BCUT2D eigenvalue weighted by atomic mass is 9.90. The van der Waals surface area contributed by atoms with Gasteiger partial charge in [-0.15, -0.1) is 11.6 Å². The summed E-state index contributed by atoms with van der Waals surface area (Å²) in [7, 11) is 1.71. The van der Waals surface area contributed by atoms with Crippen LogP contribution < -0.4 is 4.74 Å². The van der Waals surface area contributed by atoms with Gasteiger partial charge in [0.25, 0.3) is 0 Å². The Bertz CT molecular complexity index is 391. The molecule has 0 fully saturated rings. The van der Waals surface area contributed by atoms with Crippen LogP contribution in [0.15, 0.2) is 18.2 Å². The molecule has 0 amide bonds. The minimum Gasteiger partial charge on any atom is -0.493 e. The van der Waals surface area contributed by atoms with Gasteiger partial charge in [-0.05, 0) is 42.4 Å². The number of ether oxygens (including phenoxy) is 2. The summed E-state index contributed by atoms with van der Waals surface area (Å²) in [4.78, 5) is 0. The highest BCUT2D eigenvalue weighted by molar-refractivity contribution is 6.18. The van der Waals surface area contributed by atoms with Crippen LogP contribution in [0.2, 0.25) is 0 Å². The summed E-state index contributed by atoms with van der Waals surface area (Å²) in [5.41, 5.74) is 2.48. The van der Waals surface area contributed by atoms with Crippen molar-refractivity contribution in [3.8, 4) is 5.75 Å².